The van der Waals surface area contributed by atoms with Crippen LogP contribution in [0, 0.1) is 0 Å². The number of nitrogens with two attached hydrogens (primary N) is 1. The number of nitrogen functional groups attached to an aromatic ring is 1. The van der Waals surface area contributed by atoms with Crippen molar-refractivity contribution in [3.05, 3.63) is 29.5 Å². The summed E-state index contributed by atoms with van der Waals surface area (Å²) in [7, 11) is 0. The Morgan fingerprint density at radius 3 is 2.90 bits per heavy atom. The highest BCUT2D eigenvalue weighted by Crippen LogP contribution is 2.39. The molecule has 3 heterocycles. The maximum Gasteiger partial charge on any atom is 0.132 e. The van der Waals surface area contributed by atoms with E-state index in [9.17, 15) is 0 Å². The van der Waals surface area contributed by atoms with Crippen LogP contribution in [0.1, 0.15) is 25.3 Å². The van der Waals surface area contributed by atoms with Gasteiger partial charge in [0.1, 0.15) is 5.82 Å². The zero-order valence-electron chi connectivity index (χ0n) is 12.1. The van der Waals surface area contributed by atoms with E-state index in [1.165, 1.54) is 5.56 Å². The zero-order valence-corrected chi connectivity index (χ0v) is 12.9. The largest absolute Gasteiger partial charge is 0.394 e. The lowest BCUT2D eigenvalue weighted by Gasteiger charge is -2.07. The van der Waals surface area contributed by atoms with Crippen LogP contribution in [0.5, 0.6) is 0 Å². The number of rotatable bonds is 4. The first-order valence-corrected chi connectivity index (χ1v) is 7.79. The Morgan fingerprint density at radius 1 is 1.38 bits per heavy atom. The van der Waals surface area contributed by atoms with E-state index in [-0.39, 0.29) is 6.61 Å². The molecule has 0 atom stereocenters. The van der Waals surface area contributed by atoms with Gasteiger partial charge in [-0.2, -0.15) is 5.10 Å². The maximum atomic E-state index is 8.98. The normalized spacial score (nSPS) is 11.6. The van der Waals surface area contributed by atoms with Gasteiger partial charge in [-0.05, 0) is 16.9 Å². The monoisotopic (exact) mass is 302 g/mol. The molecule has 6 heteroatoms. The van der Waals surface area contributed by atoms with Gasteiger partial charge < -0.3 is 10.8 Å². The Morgan fingerprint density at radius 2 is 2.19 bits per heavy atom. The molecule has 0 saturated carbocycles. The van der Waals surface area contributed by atoms with Gasteiger partial charge in [0.2, 0.25) is 0 Å². The van der Waals surface area contributed by atoms with Crippen LogP contribution >= 0.6 is 11.3 Å². The number of aliphatic hydroxyl groups excluding tert-OH is 1. The molecule has 0 amide bonds. The topological polar surface area (TPSA) is 77.0 Å². The Balaban J connectivity index is 2.16. The van der Waals surface area contributed by atoms with Crippen molar-refractivity contribution < 1.29 is 5.11 Å². The SMILES string of the molecule is CC(C)c1csc2c(-c3cnn(CCO)c3)cnc(N)c12. The summed E-state index contributed by atoms with van der Waals surface area (Å²) in [5.41, 5.74) is 9.36. The molecule has 0 saturated heterocycles. The molecule has 3 aromatic rings. The van der Waals surface area contributed by atoms with Crippen LogP contribution in [-0.4, -0.2) is 26.5 Å². The molecule has 21 heavy (non-hydrogen) atoms. The van der Waals surface area contributed by atoms with Gasteiger partial charge >= 0.3 is 0 Å². The van der Waals surface area contributed by atoms with Gasteiger partial charge in [-0.1, -0.05) is 13.8 Å². The minimum atomic E-state index is 0.0764. The summed E-state index contributed by atoms with van der Waals surface area (Å²) in [5.74, 6) is 0.997. The molecule has 0 bridgehead atoms. The van der Waals surface area contributed by atoms with Crippen LogP contribution < -0.4 is 5.73 Å². The number of aromatic nitrogens is 3. The van der Waals surface area contributed by atoms with Crippen molar-refractivity contribution in [3.63, 3.8) is 0 Å². The van der Waals surface area contributed by atoms with E-state index in [1.54, 1.807) is 28.4 Å². The predicted molar refractivity (Wildman–Crippen MR) is 86.4 cm³/mol. The molecule has 5 nitrogen and oxygen atoms in total. The number of hydrogen-bond acceptors (Lipinski definition) is 5. The fourth-order valence-corrected chi connectivity index (χ4v) is 3.72. The lowest BCUT2D eigenvalue weighted by atomic mass is 10.0. The molecule has 0 aliphatic carbocycles. The fourth-order valence-electron chi connectivity index (χ4n) is 2.45. The van der Waals surface area contributed by atoms with Crippen LogP contribution in [0.2, 0.25) is 0 Å². The standard InChI is InChI=1S/C15H18N4OS/c1-9(2)12-8-21-14-11(6-17-15(16)13(12)14)10-5-18-19(7-10)3-4-20/h5-9,20H,3-4H2,1-2H3,(H2,16,17). The van der Waals surface area contributed by atoms with E-state index in [0.29, 0.717) is 18.3 Å². The quantitative estimate of drug-likeness (QED) is 0.777. The first-order valence-electron chi connectivity index (χ1n) is 6.91. The summed E-state index contributed by atoms with van der Waals surface area (Å²) >= 11 is 1.69. The van der Waals surface area contributed by atoms with Gasteiger partial charge in [-0.25, -0.2) is 4.98 Å². The Bertz CT molecular complexity index is 775. The van der Waals surface area contributed by atoms with Crippen molar-refractivity contribution >= 4 is 27.2 Å². The van der Waals surface area contributed by atoms with E-state index < -0.39 is 0 Å². The fraction of sp³-hybridized carbons (Fsp3) is 0.333. The second kappa shape index (κ2) is 5.46. The van der Waals surface area contributed by atoms with Crippen molar-refractivity contribution in [3.8, 4) is 11.1 Å². The average Bonchev–Trinajstić information content (AvgIpc) is 3.07. The van der Waals surface area contributed by atoms with Crippen LogP contribution in [0.4, 0.5) is 5.82 Å². The van der Waals surface area contributed by atoms with Crippen LogP contribution in [0.25, 0.3) is 21.2 Å². The number of nitrogens with zero attached hydrogens (tertiary/aromatic N) is 3. The van der Waals surface area contributed by atoms with Gasteiger partial charge in [-0.3, -0.25) is 4.68 Å². The molecule has 3 aromatic heterocycles. The molecule has 0 radical (unpaired) electrons. The minimum absolute atomic E-state index is 0.0764. The van der Waals surface area contributed by atoms with Crippen molar-refractivity contribution in [2.45, 2.75) is 26.3 Å². The average molecular weight is 302 g/mol. The number of aliphatic hydroxyl groups is 1. The number of fused-ring (bicyclic) bond motifs is 1. The van der Waals surface area contributed by atoms with E-state index in [2.05, 4.69) is 29.3 Å². The molecule has 0 aliphatic heterocycles. The first-order chi connectivity index (χ1) is 10.1. The summed E-state index contributed by atoms with van der Waals surface area (Å²) in [5, 5.41) is 16.5. The maximum absolute atomic E-state index is 8.98. The molecular weight excluding hydrogens is 284 g/mol. The summed E-state index contributed by atoms with van der Waals surface area (Å²) < 4.78 is 2.88. The Labute approximate surface area is 127 Å². The minimum Gasteiger partial charge on any atom is -0.394 e. The van der Waals surface area contributed by atoms with Crippen molar-refractivity contribution in [1.82, 2.24) is 14.8 Å². The molecular formula is C15H18N4OS. The Hall–Kier alpha value is -1.92. The van der Waals surface area contributed by atoms with Crippen molar-refractivity contribution in [2.75, 3.05) is 12.3 Å². The van der Waals surface area contributed by atoms with Crippen LogP contribution in [0.3, 0.4) is 0 Å². The summed E-state index contributed by atoms with van der Waals surface area (Å²) in [6.45, 7) is 4.89. The number of pyridine rings is 1. The third-order valence-electron chi connectivity index (χ3n) is 3.55. The second-order valence-corrected chi connectivity index (χ2v) is 6.20. The Kier molecular flexibility index (Phi) is 3.65. The smallest absolute Gasteiger partial charge is 0.132 e. The molecule has 0 aromatic carbocycles. The molecule has 0 unspecified atom stereocenters. The van der Waals surface area contributed by atoms with Gasteiger partial charge in [-0.15, -0.1) is 11.3 Å². The summed E-state index contributed by atoms with van der Waals surface area (Å²) in [6, 6.07) is 0. The van der Waals surface area contributed by atoms with Crippen molar-refractivity contribution in [1.29, 1.82) is 0 Å². The van der Waals surface area contributed by atoms with E-state index >= 15 is 0 Å². The predicted octanol–water partition coefficient (Wildman–Crippen LogP) is 2.86. The van der Waals surface area contributed by atoms with Gasteiger partial charge in [0, 0.05) is 33.6 Å². The lowest BCUT2D eigenvalue weighted by molar-refractivity contribution is 0.269. The van der Waals surface area contributed by atoms with E-state index in [1.807, 2.05) is 6.20 Å². The van der Waals surface area contributed by atoms with Crippen LogP contribution in [-0.2, 0) is 6.54 Å². The first kappa shape index (κ1) is 14.0. The third-order valence-corrected chi connectivity index (χ3v) is 4.58. The highest BCUT2D eigenvalue weighted by molar-refractivity contribution is 7.18. The highest BCUT2D eigenvalue weighted by atomic mass is 32.1. The molecule has 3 rings (SSSR count). The summed E-state index contributed by atoms with van der Waals surface area (Å²) in [6.07, 6.45) is 5.53. The van der Waals surface area contributed by atoms with Gasteiger partial charge in [0.05, 0.1) is 19.3 Å². The van der Waals surface area contributed by atoms with E-state index in [4.69, 9.17) is 10.8 Å². The summed E-state index contributed by atoms with van der Waals surface area (Å²) in [4.78, 5) is 4.35. The van der Waals surface area contributed by atoms with E-state index in [0.717, 1.165) is 21.2 Å². The molecule has 110 valence electrons. The molecule has 0 fully saturated rings. The number of anilines is 1. The molecule has 0 aliphatic rings. The second-order valence-electron chi connectivity index (χ2n) is 5.32. The molecule has 0 spiro atoms. The molecule has 3 N–H and O–H groups in total. The number of thiophene rings is 1. The third kappa shape index (κ3) is 2.41. The zero-order chi connectivity index (χ0) is 15.0. The van der Waals surface area contributed by atoms with Crippen molar-refractivity contribution in [2.24, 2.45) is 0 Å². The van der Waals surface area contributed by atoms with Gasteiger partial charge in [0.15, 0.2) is 0 Å². The highest BCUT2D eigenvalue weighted by Gasteiger charge is 2.16. The van der Waals surface area contributed by atoms with Gasteiger partial charge in [0.25, 0.3) is 0 Å². The lowest BCUT2D eigenvalue weighted by Crippen LogP contribution is -2.01. The van der Waals surface area contributed by atoms with Crippen LogP contribution in [0.15, 0.2) is 24.0 Å². The number of hydrogen-bond donors (Lipinski definition) is 2.